The summed E-state index contributed by atoms with van der Waals surface area (Å²) >= 11 is 0. The van der Waals surface area contributed by atoms with E-state index in [4.69, 9.17) is 9.47 Å². The molecule has 2 atom stereocenters. The number of rotatable bonds is 5. The number of carbonyl (C=O) groups is 1. The largest absolute Gasteiger partial charge is 0.381 e. The smallest absolute Gasteiger partial charge is 0.234 e. The normalized spacial score (nSPS) is 24.8. The summed E-state index contributed by atoms with van der Waals surface area (Å²) in [5, 5.41) is 6.46. The van der Waals surface area contributed by atoms with Gasteiger partial charge in [-0.2, -0.15) is 0 Å². The van der Waals surface area contributed by atoms with E-state index in [1.54, 1.807) is 6.07 Å². The van der Waals surface area contributed by atoms with Gasteiger partial charge in [0.15, 0.2) is 0 Å². The van der Waals surface area contributed by atoms with Gasteiger partial charge >= 0.3 is 0 Å². The monoisotopic (exact) mass is 436 g/mol. The minimum absolute atomic E-state index is 0.154. The zero-order valence-corrected chi connectivity index (χ0v) is 18.5. The SMILES string of the molecule is CC1(C)OC(C2C(=O)Nc3ccc(F)cc32)C=C1c1ccc(CNC2CCOCC2)cc1. The van der Waals surface area contributed by atoms with E-state index < -0.39 is 17.6 Å². The van der Waals surface area contributed by atoms with Crippen molar-refractivity contribution in [2.45, 2.75) is 56.9 Å². The molecule has 0 radical (unpaired) electrons. The highest BCUT2D eigenvalue weighted by Crippen LogP contribution is 2.45. The Hall–Kier alpha value is -2.54. The molecule has 32 heavy (non-hydrogen) atoms. The Morgan fingerprint density at radius 2 is 1.88 bits per heavy atom. The van der Waals surface area contributed by atoms with Gasteiger partial charge in [0.2, 0.25) is 5.91 Å². The molecule has 3 aliphatic heterocycles. The Bertz CT molecular complexity index is 1040. The molecular formula is C26H29FN2O3. The van der Waals surface area contributed by atoms with Crippen LogP contribution in [0.4, 0.5) is 10.1 Å². The van der Waals surface area contributed by atoms with E-state index in [2.05, 4.69) is 34.9 Å². The van der Waals surface area contributed by atoms with E-state index in [0.717, 1.165) is 43.7 Å². The lowest BCUT2D eigenvalue weighted by Crippen LogP contribution is -2.34. The Labute approximate surface area is 188 Å². The predicted molar refractivity (Wildman–Crippen MR) is 122 cm³/mol. The van der Waals surface area contributed by atoms with Crippen LogP contribution in [-0.2, 0) is 20.8 Å². The van der Waals surface area contributed by atoms with E-state index in [9.17, 15) is 9.18 Å². The van der Waals surface area contributed by atoms with Crippen molar-refractivity contribution in [2.75, 3.05) is 18.5 Å². The van der Waals surface area contributed by atoms with Crippen molar-refractivity contribution in [3.8, 4) is 0 Å². The molecule has 5 nitrogen and oxygen atoms in total. The van der Waals surface area contributed by atoms with Crippen LogP contribution in [0.2, 0.25) is 0 Å². The summed E-state index contributed by atoms with van der Waals surface area (Å²) in [5.74, 6) is -1.06. The first-order valence-electron chi connectivity index (χ1n) is 11.3. The number of nitrogens with one attached hydrogen (secondary N) is 2. The summed E-state index contributed by atoms with van der Waals surface area (Å²) < 4.78 is 25.6. The highest BCUT2D eigenvalue weighted by atomic mass is 19.1. The first-order chi connectivity index (χ1) is 15.4. The van der Waals surface area contributed by atoms with Gasteiger partial charge in [-0.25, -0.2) is 4.39 Å². The summed E-state index contributed by atoms with van der Waals surface area (Å²) in [4.78, 5) is 12.7. The van der Waals surface area contributed by atoms with Gasteiger partial charge in [-0.05, 0) is 73.2 Å². The Morgan fingerprint density at radius 3 is 2.62 bits per heavy atom. The van der Waals surface area contributed by atoms with Crippen molar-refractivity contribution in [1.29, 1.82) is 0 Å². The lowest BCUT2D eigenvalue weighted by molar-refractivity contribution is -0.120. The van der Waals surface area contributed by atoms with Crippen LogP contribution in [-0.4, -0.2) is 36.9 Å². The Kier molecular flexibility index (Phi) is 5.61. The van der Waals surface area contributed by atoms with Crippen LogP contribution >= 0.6 is 0 Å². The molecule has 2 aromatic carbocycles. The summed E-state index contributed by atoms with van der Waals surface area (Å²) in [6.45, 7) is 6.52. The molecule has 0 saturated carbocycles. The van der Waals surface area contributed by atoms with Crippen LogP contribution in [0, 0.1) is 5.82 Å². The fraction of sp³-hybridized carbons (Fsp3) is 0.423. The zero-order chi connectivity index (χ0) is 22.3. The van der Waals surface area contributed by atoms with Crippen molar-refractivity contribution in [3.05, 3.63) is 71.0 Å². The van der Waals surface area contributed by atoms with Crippen LogP contribution in [0.3, 0.4) is 0 Å². The van der Waals surface area contributed by atoms with Gasteiger partial charge in [0.05, 0.1) is 17.6 Å². The lowest BCUT2D eigenvalue weighted by atomic mass is 9.90. The maximum atomic E-state index is 13.9. The van der Waals surface area contributed by atoms with E-state index in [-0.39, 0.29) is 11.7 Å². The maximum Gasteiger partial charge on any atom is 0.234 e. The van der Waals surface area contributed by atoms with Crippen LogP contribution in [0.25, 0.3) is 5.57 Å². The first kappa shape index (κ1) is 21.3. The second-order valence-corrected chi connectivity index (χ2v) is 9.34. The lowest BCUT2D eigenvalue weighted by Gasteiger charge is -2.26. The molecule has 1 saturated heterocycles. The molecule has 168 valence electrons. The number of hydrogen-bond acceptors (Lipinski definition) is 4. The van der Waals surface area contributed by atoms with Crippen LogP contribution in [0.5, 0.6) is 0 Å². The van der Waals surface area contributed by atoms with E-state index in [1.807, 2.05) is 19.9 Å². The molecule has 0 aromatic heterocycles. The summed E-state index contributed by atoms with van der Waals surface area (Å²) in [5.41, 5.74) is 4.11. The third kappa shape index (κ3) is 4.10. The van der Waals surface area contributed by atoms with Gasteiger partial charge in [0, 0.05) is 31.5 Å². The summed E-state index contributed by atoms with van der Waals surface area (Å²) in [7, 11) is 0. The molecule has 3 aliphatic rings. The van der Waals surface area contributed by atoms with Gasteiger partial charge < -0.3 is 20.1 Å². The molecule has 2 N–H and O–H groups in total. The molecular weight excluding hydrogens is 407 g/mol. The van der Waals surface area contributed by atoms with Gasteiger partial charge in [0.1, 0.15) is 5.82 Å². The topological polar surface area (TPSA) is 59.6 Å². The van der Waals surface area contributed by atoms with Crippen molar-refractivity contribution in [1.82, 2.24) is 5.32 Å². The number of amides is 1. The van der Waals surface area contributed by atoms with Gasteiger partial charge in [-0.3, -0.25) is 4.79 Å². The van der Waals surface area contributed by atoms with Crippen molar-refractivity contribution in [2.24, 2.45) is 0 Å². The minimum Gasteiger partial charge on any atom is -0.381 e. The highest BCUT2D eigenvalue weighted by molar-refractivity contribution is 6.03. The summed E-state index contributed by atoms with van der Waals surface area (Å²) in [6, 6.07) is 13.4. The Balaban J connectivity index is 1.34. The zero-order valence-electron chi connectivity index (χ0n) is 18.5. The second kappa shape index (κ2) is 8.43. The van der Waals surface area contributed by atoms with E-state index in [1.165, 1.54) is 17.7 Å². The molecule has 1 amide bonds. The molecule has 2 unspecified atom stereocenters. The van der Waals surface area contributed by atoms with Gasteiger partial charge in [-0.15, -0.1) is 0 Å². The predicted octanol–water partition coefficient (Wildman–Crippen LogP) is 4.39. The van der Waals surface area contributed by atoms with E-state index >= 15 is 0 Å². The molecule has 3 heterocycles. The third-order valence-corrected chi connectivity index (χ3v) is 6.71. The summed E-state index contributed by atoms with van der Waals surface area (Å²) in [6.07, 6.45) is 3.69. The average Bonchev–Trinajstić information content (AvgIpc) is 3.27. The number of halogens is 1. The number of anilines is 1. The third-order valence-electron chi connectivity index (χ3n) is 6.71. The molecule has 1 fully saturated rings. The molecule has 0 spiro atoms. The van der Waals surface area contributed by atoms with Crippen molar-refractivity contribution >= 4 is 17.2 Å². The quantitative estimate of drug-likeness (QED) is 0.730. The molecule has 2 aromatic rings. The van der Waals surface area contributed by atoms with Crippen LogP contribution in [0.1, 0.15) is 49.3 Å². The number of carbonyl (C=O) groups excluding carboxylic acids is 1. The highest BCUT2D eigenvalue weighted by Gasteiger charge is 2.44. The molecule has 0 aliphatic carbocycles. The van der Waals surface area contributed by atoms with Crippen molar-refractivity contribution in [3.63, 3.8) is 0 Å². The fourth-order valence-corrected chi connectivity index (χ4v) is 4.96. The average molecular weight is 437 g/mol. The molecule has 5 rings (SSSR count). The fourth-order valence-electron chi connectivity index (χ4n) is 4.96. The second-order valence-electron chi connectivity index (χ2n) is 9.34. The number of ether oxygens (including phenoxy) is 2. The van der Waals surface area contributed by atoms with Gasteiger partial charge in [-0.1, -0.05) is 24.3 Å². The molecule has 6 heteroatoms. The minimum atomic E-state index is -0.555. The number of benzene rings is 2. The van der Waals surface area contributed by atoms with Gasteiger partial charge in [0.25, 0.3) is 0 Å². The first-order valence-corrected chi connectivity index (χ1v) is 11.3. The maximum absolute atomic E-state index is 13.9. The molecule has 0 bridgehead atoms. The Morgan fingerprint density at radius 1 is 1.12 bits per heavy atom. The van der Waals surface area contributed by atoms with Crippen LogP contribution < -0.4 is 10.6 Å². The number of fused-ring (bicyclic) bond motifs is 1. The van der Waals surface area contributed by atoms with Crippen molar-refractivity contribution < 1.29 is 18.7 Å². The number of hydrogen-bond donors (Lipinski definition) is 2. The standard InChI is InChI=1S/C26H29FN2O3/c1-26(2)21(17-5-3-16(4-6-17)15-28-19-9-11-31-12-10-19)14-23(32-26)24-20-13-18(27)7-8-22(20)29-25(24)30/h3-8,13-14,19,23-24,28H,9-12,15H2,1-2H3,(H,29,30). The van der Waals surface area contributed by atoms with Crippen LogP contribution in [0.15, 0.2) is 48.5 Å². The van der Waals surface area contributed by atoms with E-state index in [0.29, 0.717) is 17.3 Å².